The third kappa shape index (κ3) is 3.11. The highest BCUT2D eigenvalue weighted by Gasteiger charge is 2.28. The van der Waals surface area contributed by atoms with Crippen LogP contribution in [0, 0.1) is 13.8 Å². The lowest BCUT2D eigenvalue weighted by molar-refractivity contribution is 0.412. The summed E-state index contributed by atoms with van der Waals surface area (Å²) in [6.07, 6.45) is 2.40. The Balaban J connectivity index is 1.73. The molecule has 2 heterocycles. The minimum atomic E-state index is 0.441. The van der Waals surface area contributed by atoms with Crippen LogP contribution in [0.1, 0.15) is 34.9 Å². The molecule has 1 saturated heterocycles. The number of anilines is 1. The minimum absolute atomic E-state index is 0.441. The number of rotatable bonds is 2. The first-order valence-corrected chi connectivity index (χ1v) is 8.62. The average Bonchev–Trinajstić information content (AvgIpc) is 3.12. The zero-order valence-corrected chi connectivity index (χ0v) is 14.1. The maximum Gasteiger partial charge on any atom is 0.173 e. The van der Waals surface area contributed by atoms with E-state index in [1.807, 2.05) is 11.3 Å². The number of thiocarbonyl (C=S) groups is 1. The van der Waals surface area contributed by atoms with Crippen LogP contribution in [-0.4, -0.2) is 16.6 Å². The smallest absolute Gasteiger partial charge is 0.173 e. The summed E-state index contributed by atoms with van der Waals surface area (Å²) < 4.78 is 0. The van der Waals surface area contributed by atoms with E-state index in [0.29, 0.717) is 6.04 Å². The van der Waals surface area contributed by atoms with Crippen LogP contribution in [0.3, 0.4) is 0 Å². The van der Waals surface area contributed by atoms with Gasteiger partial charge in [0.1, 0.15) is 0 Å². The maximum absolute atomic E-state index is 5.64. The molecule has 1 fully saturated rings. The van der Waals surface area contributed by atoms with Gasteiger partial charge in [0.15, 0.2) is 5.11 Å². The number of hydrogen-bond donors (Lipinski definition) is 1. The summed E-state index contributed by atoms with van der Waals surface area (Å²) in [7, 11) is 0. The van der Waals surface area contributed by atoms with Gasteiger partial charge in [0.05, 0.1) is 6.04 Å². The second-order valence-electron chi connectivity index (χ2n) is 5.60. The third-order valence-corrected chi connectivity index (χ3v) is 5.45. The Hall–Kier alpha value is -1.39. The molecular weight excluding hydrogens is 296 g/mol. The van der Waals surface area contributed by atoms with Crippen molar-refractivity contribution in [2.24, 2.45) is 0 Å². The molecule has 2 nitrogen and oxygen atoms in total. The van der Waals surface area contributed by atoms with Gasteiger partial charge in [0.2, 0.25) is 0 Å². The normalized spacial score (nSPS) is 18.0. The molecular formula is C17H20N2S2. The lowest BCUT2D eigenvalue weighted by Gasteiger charge is -2.27. The molecule has 0 spiro atoms. The molecule has 0 aliphatic carbocycles. The molecule has 1 N–H and O–H groups in total. The fraction of sp³-hybridized carbons (Fsp3) is 0.353. The van der Waals surface area contributed by atoms with E-state index in [1.165, 1.54) is 28.8 Å². The van der Waals surface area contributed by atoms with Gasteiger partial charge < -0.3 is 10.2 Å². The summed E-state index contributed by atoms with van der Waals surface area (Å²) in [4.78, 5) is 3.74. The fourth-order valence-electron chi connectivity index (χ4n) is 2.80. The summed E-state index contributed by atoms with van der Waals surface area (Å²) in [5.41, 5.74) is 3.68. The summed E-state index contributed by atoms with van der Waals surface area (Å²) in [5.74, 6) is 0. The van der Waals surface area contributed by atoms with Crippen molar-refractivity contribution in [2.45, 2.75) is 32.7 Å². The second-order valence-corrected chi connectivity index (χ2v) is 6.96. The van der Waals surface area contributed by atoms with E-state index in [1.54, 1.807) is 0 Å². The Morgan fingerprint density at radius 1 is 1.29 bits per heavy atom. The molecule has 1 aromatic heterocycles. The Labute approximate surface area is 135 Å². The predicted molar refractivity (Wildman–Crippen MR) is 95.1 cm³/mol. The van der Waals surface area contributed by atoms with Crippen LogP contribution < -0.4 is 5.32 Å². The second kappa shape index (κ2) is 6.16. The highest BCUT2D eigenvalue weighted by Crippen LogP contribution is 2.34. The first-order valence-electron chi connectivity index (χ1n) is 7.33. The van der Waals surface area contributed by atoms with E-state index >= 15 is 0 Å². The number of aryl methyl sites for hydroxylation is 2. The highest BCUT2D eigenvalue weighted by molar-refractivity contribution is 7.80. The first kappa shape index (κ1) is 14.5. The number of thiophene rings is 1. The van der Waals surface area contributed by atoms with E-state index in [0.717, 1.165) is 17.3 Å². The van der Waals surface area contributed by atoms with Gasteiger partial charge in [0, 0.05) is 17.1 Å². The molecule has 0 radical (unpaired) electrons. The molecule has 1 atom stereocenters. The monoisotopic (exact) mass is 316 g/mol. The van der Waals surface area contributed by atoms with Gasteiger partial charge in [-0.2, -0.15) is 0 Å². The van der Waals surface area contributed by atoms with Gasteiger partial charge in [0.25, 0.3) is 0 Å². The van der Waals surface area contributed by atoms with Crippen molar-refractivity contribution in [1.29, 1.82) is 0 Å². The average molecular weight is 316 g/mol. The quantitative estimate of drug-likeness (QED) is 0.793. The Bertz CT molecular complexity index is 634. The Morgan fingerprint density at radius 2 is 2.14 bits per heavy atom. The Kier molecular flexibility index (Phi) is 4.27. The Morgan fingerprint density at radius 3 is 2.86 bits per heavy atom. The molecule has 1 aliphatic rings. The van der Waals surface area contributed by atoms with Crippen molar-refractivity contribution in [3.63, 3.8) is 0 Å². The molecule has 3 rings (SSSR count). The molecule has 0 unspecified atom stereocenters. The van der Waals surface area contributed by atoms with Crippen molar-refractivity contribution in [1.82, 2.24) is 4.90 Å². The van der Waals surface area contributed by atoms with Crippen molar-refractivity contribution in [3.8, 4) is 0 Å². The predicted octanol–water partition coefficient (Wildman–Crippen LogP) is 4.90. The first-order chi connectivity index (χ1) is 10.1. The van der Waals surface area contributed by atoms with Crippen LogP contribution in [-0.2, 0) is 0 Å². The van der Waals surface area contributed by atoms with Crippen LogP contribution in [0.5, 0.6) is 0 Å². The molecule has 1 aliphatic heterocycles. The summed E-state index contributed by atoms with van der Waals surface area (Å²) in [6, 6.07) is 11.2. The standard InChI is InChI=1S/C17H20N2S2/c1-12-7-8-14(11-13(12)2)18-17(20)19-9-3-5-15(19)16-6-4-10-21-16/h4,6-8,10-11,15H,3,5,9H2,1-2H3,(H,18,20)/t15-/m1/s1. The number of likely N-dealkylation sites (tertiary alicyclic amines) is 1. The van der Waals surface area contributed by atoms with E-state index in [4.69, 9.17) is 12.2 Å². The molecule has 4 heteroatoms. The maximum atomic E-state index is 5.64. The zero-order valence-electron chi connectivity index (χ0n) is 12.4. The van der Waals surface area contributed by atoms with E-state index in [9.17, 15) is 0 Å². The minimum Gasteiger partial charge on any atom is -0.341 e. The van der Waals surface area contributed by atoms with Crippen LogP contribution in [0.15, 0.2) is 35.7 Å². The van der Waals surface area contributed by atoms with E-state index in [-0.39, 0.29) is 0 Å². The lowest BCUT2D eigenvalue weighted by atomic mass is 10.1. The van der Waals surface area contributed by atoms with Crippen molar-refractivity contribution >= 4 is 34.4 Å². The van der Waals surface area contributed by atoms with Crippen LogP contribution in [0.2, 0.25) is 0 Å². The summed E-state index contributed by atoms with van der Waals surface area (Å²) in [6.45, 7) is 5.30. The van der Waals surface area contributed by atoms with Crippen LogP contribution in [0.25, 0.3) is 0 Å². The summed E-state index contributed by atoms with van der Waals surface area (Å²) in [5, 5.41) is 6.39. The van der Waals surface area contributed by atoms with Gasteiger partial charge in [-0.05, 0) is 73.6 Å². The van der Waals surface area contributed by atoms with E-state index < -0.39 is 0 Å². The largest absolute Gasteiger partial charge is 0.341 e. The molecule has 0 amide bonds. The number of benzene rings is 1. The van der Waals surface area contributed by atoms with Gasteiger partial charge in [-0.1, -0.05) is 12.1 Å². The zero-order chi connectivity index (χ0) is 14.8. The molecule has 0 saturated carbocycles. The number of nitrogens with zero attached hydrogens (tertiary/aromatic N) is 1. The van der Waals surface area contributed by atoms with Crippen LogP contribution in [0.4, 0.5) is 5.69 Å². The van der Waals surface area contributed by atoms with Crippen molar-refractivity contribution < 1.29 is 0 Å². The number of nitrogens with one attached hydrogen (secondary N) is 1. The lowest BCUT2D eigenvalue weighted by Crippen LogP contribution is -2.33. The van der Waals surface area contributed by atoms with Crippen LogP contribution >= 0.6 is 23.6 Å². The van der Waals surface area contributed by atoms with Gasteiger partial charge in [-0.3, -0.25) is 0 Å². The molecule has 0 bridgehead atoms. The summed E-state index contributed by atoms with van der Waals surface area (Å²) >= 11 is 7.47. The third-order valence-electron chi connectivity index (χ3n) is 4.14. The molecule has 2 aromatic rings. The van der Waals surface area contributed by atoms with Crippen molar-refractivity contribution in [2.75, 3.05) is 11.9 Å². The molecule has 1 aromatic carbocycles. The molecule has 110 valence electrons. The highest BCUT2D eigenvalue weighted by atomic mass is 32.1. The van der Waals surface area contributed by atoms with Gasteiger partial charge in [-0.25, -0.2) is 0 Å². The van der Waals surface area contributed by atoms with Gasteiger partial charge >= 0.3 is 0 Å². The van der Waals surface area contributed by atoms with Crippen molar-refractivity contribution in [3.05, 3.63) is 51.7 Å². The SMILES string of the molecule is Cc1ccc(NC(=S)N2CCC[C@@H]2c2cccs2)cc1C. The topological polar surface area (TPSA) is 15.3 Å². The number of hydrogen-bond acceptors (Lipinski definition) is 2. The fourth-order valence-corrected chi connectivity index (χ4v) is 4.01. The van der Waals surface area contributed by atoms with E-state index in [2.05, 4.69) is 59.8 Å². The molecule has 21 heavy (non-hydrogen) atoms. The van der Waals surface area contributed by atoms with Gasteiger partial charge in [-0.15, -0.1) is 11.3 Å².